The third-order valence-electron chi connectivity index (χ3n) is 4.48. The minimum absolute atomic E-state index is 0.0927. The van der Waals surface area contributed by atoms with E-state index in [1.54, 1.807) is 18.3 Å². The fourth-order valence-corrected chi connectivity index (χ4v) is 3.30. The van der Waals surface area contributed by atoms with Crippen LogP contribution in [0.2, 0.25) is 0 Å². The lowest BCUT2D eigenvalue weighted by molar-refractivity contribution is -0.0566. The lowest BCUT2D eigenvalue weighted by atomic mass is 10.1. The number of hydrogen-bond acceptors (Lipinski definition) is 6. The molecule has 2 saturated heterocycles. The molecule has 2 fully saturated rings. The van der Waals surface area contributed by atoms with E-state index in [1.807, 2.05) is 0 Å². The van der Waals surface area contributed by atoms with E-state index in [2.05, 4.69) is 15.2 Å². The molecule has 7 heteroatoms. The van der Waals surface area contributed by atoms with Crippen molar-refractivity contribution >= 4 is 5.91 Å². The number of carbonyl (C=O) groups is 1. The van der Waals surface area contributed by atoms with E-state index < -0.39 is 0 Å². The molecule has 7 nitrogen and oxygen atoms in total. The molecule has 0 spiro atoms. The van der Waals surface area contributed by atoms with Gasteiger partial charge in [-0.1, -0.05) is 0 Å². The first-order chi connectivity index (χ1) is 11.2. The summed E-state index contributed by atoms with van der Waals surface area (Å²) in [5.74, 6) is 0.324. The van der Waals surface area contributed by atoms with Gasteiger partial charge < -0.3 is 19.9 Å². The number of morpholine rings is 1. The number of pyridine rings is 1. The van der Waals surface area contributed by atoms with Crippen LogP contribution in [0.3, 0.4) is 0 Å². The molecule has 126 valence electrons. The van der Waals surface area contributed by atoms with Crippen molar-refractivity contribution in [3.63, 3.8) is 0 Å². The molecule has 0 unspecified atom stereocenters. The highest BCUT2D eigenvalue weighted by molar-refractivity contribution is 5.94. The van der Waals surface area contributed by atoms with Crippen molar-refractivity contribution in [1.82, 2.24) is 15.2 Å². The van der Waals surface area contributed by atoms with Crippen LogP contribution in [-0.2, 0) is 4.74 Å². The first-order valence-corrected chi connectivity index (χ1v) is 7.97. The molecule has 0 aromatic carbocycles. The van der Waals surface area contributed by atoms with E-state index in [0.717, 1.165) is 19.5 Å². The SMILES string of the molecule is COc1cc(C(=O)N[C@H]2C[C@H]3CO[C@@H](CCO)CN3C2)ccn1. The molecular weight excluding hydrogens is 298 g/mol. The number of amides is 1. The highest BCUT2D eigenvalue weighted by Crippen LogP contribution is 2.24. The number of rotatable bonds is 5. The third kappa shape index (κ3) is 3.80. The first kappa shape index (κ1) is 16.2. The Morgan fingerprint density at radius 3 is 3.22 bits per heavy atom. The van der Waals surface area contributed by atoms with Crippen molar-refractivity contribution in [2.75, 3.05) is 33.4 Å². The van der Waals surface area contributed by atoms with Gasteiger partial charge in [-0.05, 0) is 18.9 Å². The third-order valence-corrected chi connectivity index (χ3v) is 4.48. The van der Waals surface area contributed by atoms with Crippen LogP contribution < -0.4 is 10.1 Å². The monoisotopic (exact) mass is 321 g/mol. The van der Waals surface area contributed by atoms with Gasteiger partial charge in [0.05, 0.1) is 19.8 Å². The number of fused-ring (bicyclic) bond motifs is 1. The number of aliphatic hydroxyl groups excluding tert-OH is 1. The lowest BCUT2D eigenvalue weighted by Crippen LogP contribution is -2.46. The summed E-state index contributed by atoms with van der Waals surface area (Å²) in [4.78, 5) is 18.7. The number of methoxy groups -OCH3 is 1. The van der Waals surface area contributed by atoms with Crippen LogP contribution in [0.1, 0.15) is 23.2 Å². The maximum absolute atomic E-state index is 12.4. The number of aliphatic hydroxyl groups is 1. The van der Waals surface area contributed by atoms with E-state index in [4.69, 9.17) is 14.6 Å². The zero-order valence-electron chi connectivity index (χ0n) is 13.3. The van der Waals surface area contributed by atoms with Gasteiger partial charge in [0.15, 0.2) is 0 Å². The van der Waals surface area contributed by atoms with E-state index in [0.29, 0.717) is 30.5 Å². The molecule has 2 aliphatic heterocycles. The Bertz CT molecular complexity index is 554. The van der Waals surface area contributed by atoms with Crippen LogP contribution >= 0.6 is 0 Å². The van der Waals surface area contributed by atoms with Gasteiger partial charge >= 0.3 is 0 Å². The number of aromatic nitrogens is 1. The standard InChI is InChI=1S/C16H23N3O4/c1-22-15-6-11(2-4-17-15)16(21)18-12-7-13-10-23-14(3-5-20)9-19(13)8-12/h2,4,6,12-14,20H,3,5,7-10H2,1H3,(H,18,21)/t12-,13-,14-/m0/s1. The number of hydrogen-bond donors (Lipinski definition) is 2. The van der Waals surface area contributed by atoms with Gasteiger partial charge in [0.2, 0.25) is 5.88 Å². The topological polar surface area (TPSA) is 83.9 Å². The van der Waals surface area contributed by atoms with E-state index in [-0.39, 0.29) is 24.7 Å². The Kier molecular flexibility index (Phi) is 5.09. The molecule has 1 aromatic rings. The van der Waals surface area contributed by atoms with E-state index in [9.17, 15) is 4.79 Å². The molecule has 0 saturated carbocycles. The fourth-order valence-electron chi connectivity index (χ4n) is 3.30. The summed E-state index contributed by atoms with van der Waals surface area (Å²) in [5, 5.41) is 12.1. The Labute approximate surface area is 135 Å². The zero-order chi connectivity index (χ0) is 16.2. The van der Waals surface area contributed by atoms with Gasteiger partial charge in [-0.15, -0.1) is 0 Å². The summed E-state index contributed by atoms with van der Waals surface area (Å²) in [5.41, 5.74) is 0.552. The van der Waals surface area contributed by atoms with E-state index in [1.165, 1.54) is 7.11 Å². The average Bonchev–Trinajstić information content (AvgIpc) is 2.96. The van der Waals surface area contributed by atoms with Crippen LogP contribution in [0.15, 0.2) is 18.3 Å². The number of nitrogens with zero attached hydrogens (tertiary/aromatic N) is 2. The highest BCUT2D eigenvalue weighted by atomic mass is 16.5. The summed E-state index contributed by atoms with van der Waals surface area (Å²) < 4.78 is 10.8. The maximum atomic E-state index is 12.4. The molecule has 0 aliphatic carbocycles. The molecule has 1 amide bonds. The van der Waals surface area contributed by atoms with Crippen LogP contribution in [0, 0.1) is 0 Å². The molecule has 2 aliphatic rings. The van der Waals surface area contributed by atoms with Crippen LogP contribution in [0.4, 0.5) is 0 Å². The van der Waals surface area contributed by atoms with Gasteiger partial charge in [0.25, 0.3) is 5.91 Å². The van der Waals surface area contributed by atoms with Crippen molar-refractivity contribution in [3.8, 4) is 5.88 Å². The van der Waals surface area contributed by atoms with Gasteiger partial charge in [0.1, 0.15) is 0 Å². The minimum Gasteiger partial charge on any atom is -0.481 e. The minimum atomic E-state index is -0.108. The predicted octanol–water partition coefficient (Wildman–Crippen LogP) is 0.0441. The Hall–Kier alpha value is -1.70. The van der Waals surface area contributed by atoms with E-state index >= 15 is 0 Å². The summed E-state index contributed by atoms with van der Waals surface area (Å²) in [6, 6.07) is 3.78. The van der Waals surface area contributed by atoms with Crippen molar-refractivity contribution in [2.45, 2.75) is 31.0 Å². The number of nitrogens with one attached hydrogen (secondary N) is 1. The van der Waals surface area contributed by atoms with Crippen LogP contribution in [0.25, 0.3) is 0 Å². The van der Waals surface area contributed by atoms with Crippen molar-refractivity contribution in [2.24, 2.45) is 0 Å². The Morgan fingerprint density at radius 1 is 1.57 bits per heavy atom. The normalized spacial score (nSPS) is 27.5. The molecule has 3 heterocycles. The van der Waals surface area contributed by atoms with Gasteiger partial charge in [-0.25, -0.2) is 4.98 Å². The first-order valence-electron chi connectivity index (χ1n) is 7.97. The van der Waals surface area contributed by atoms with Crippen molar-refractivity contribution in [1.29, 1.82) is 0 Å². The van der Waals surface area contributed by atoms with Gasteiger partial charge in [-0.2, -0.15) is 0 Å². The quantitative estimate of drug-likeness (QED) is 0.797. The Morgan fingerprint density at radius 2 is 2.43 bits per heavy atom. The van der Waals surface area contributed by atoms with Crippen LogP contribution in [-0.4, -0.2) is 72.5 Å². The molecule has 23 heavy (non-hydrogen) atoms. The van der Waals surface area contributed by atoms with Gasteiger partial charge in [-0.3, -0.25) is 9.69 Å². The predicted molar refractivity (Wildman–Crippen MR) is 83.5 cm³/mol. The Balaban J connectivity index is 1.56. The molecular formula is C16H23N3O4. The molecule has 2 N–H and O–H groups in total. The number of carbonyl (C=O) groups excluding carboxylic acids is 1. The highest BCUT2D eigenvalue weighted by Gasteiger charge is 2.37. The lowest BCUT2D eigenvalue weighted by Gasteiger charge is -2.34. The maximum Gasteiger partial charge on any atom is 0.251 e. The molecule has 0 bridgehead atoms. The van der Waals surface area contributed by atoms with Crippen molar-refractivity contribution in [3.05, 3.63) is 23.9 Å². The largest absolute Gasteiger partial charge is 0.481 e. The fraction of sp³-hybridized carbons (Fsp3) is 0.625. The number of ether oxygens (including phenoxy) is 2. The second kappa shape index (κ2) is 7.25. The second-order valence-corrected chi connectivity index (χ2v) is 6.07. The smallest absolute Gasteiger partial charge is 0.251 e. The molecule has 1 aromatic heterocycles. The summed E-state index contributed by atoms with van der Waals surface area (Å²) in [7, 11) is 1.53. The average molecular weight is 321 g/mol. The molecule has 0 radical (unpaired) electrons. The summed E-state index contributed by atoms with van der Waals surface area (Å²) >= 11 is 0. The van der Waals surface area contributed by atoms with Crippen LogP contribution in [0.5, 0.6) is 5.88 Å². The molecule has 3 atom stereocenters. The summed E-state index contributed by atoms with van der Waals surface area (Å²) in [6.45, 7) is 2.46. The van der Waals surface area contributed by atoms with Crippen molar-refractivity contribution < 1.29 is 19.4 Å². The second-order valence-electron chi connectivity index (χ2n) is 6.07. The zero-order valence-corrected chi connectivity index (χ0v) is 13.3. The molecule has 3 rings (SSSR count). The van der Waals surface area contributed by atoms with Gasteiger partial charge in [0, 0.05) is 49.6 Å². The summed E-state index contributed by atoms with van der Waals surface area (Å²) in [6.07, 6.45) is 3.21.